The van der Waals surface area contributed by atoms with E-state index in [-0.39, 0.29) is 22.9 Å². The Morgan fingerprint density at radius 1 is 1.07 bits per heavy atom. The number of anilines is 1. The first-order chi connectivity index (χ1) is 13.4. The Balaban J connectivity index is 1.79. The molecule has 2 amide bonds. The van der Waals surface area contributed by atoms with Gasteiger partial charge in [0, 0.05) is 13.1 Å². The number of piperidine rings is 1. The van der Waals surface area contributed by atoms with Crippen LogP contribution in [0.5, 0.6) is 0 Å². The van der Waals surface area contributed by atoms with Gasteiger partial charge < -0.3 is 15.3 Å². The van der Waals surface area contributed by atoms with Crippen molar-refractivity contribution in [3.63, 3.8) is 0 Å². The molecule has 0 atom stereocenters. The smallest absolute Gasteiger partial charge is 0.337 e. The van der Waals surface area contributed by atoms with Gasteiger partial charge in [-0.1, -0.05) is 19.1 Å². The van der Waals surface area contributed by atoms with Crippen molar-refractivity contribution >= 4 is 23.5 Å². The van der Waals surface area contributed by atoms with Gasteiger partial charge in [0.05, 0.1) is 22.5 Å². The van der Waals surface area contributed by atoms with Crippen LogP contribution in [0.3, 0.4) is 0 Å². The first kappa shape index (κ1) is 19.5. The van der Waals surface area contributed by atoms with Gasteiger partial charge >= 0.3 is 5.97 Å². The number of nitrogens with one attached hydrogen (secondary N) is 1. The van der Waals surface area contributed by atoms with Crippen LogP contribution in [0.15, 0.2) is 36.4 Å². The molecule has 2 aromatic rings. The highest BCUT2D eigenvalue weighted by Crippen LogP contribution is 2.22. The summed E-state index contributed by atoms with van der Waals surface area (Å²) < 4.78 is 0. The summed E-state index contributed by atoms with van der Waals surface area (Å²) in [5, 5.41) is 11.8. The van der Waals surface area contributed by atoms with Crippen molar-refractivity contribution in [2.75, 3.05) is 18.4 Å². The summed E-state index contributed by atoms with van der Waals surface area (Å²) >= 11 is 0. The zero-order chi connectivity index (χ0) is 20.3. The summed E-state index contributed by atoms with van der Waals surface area (Å²) in [4.78, 5) is 42.5. The molecule has 1 saturated heterocycles. The summed E-state index contributed by atoms with van der Waals surface area (Å²) in [7, 11) is 0. The Morgan fingerprint density at radius 3 is 2.39 bits per heavy atom. The van der Waals surface area contributed by atoms with Crippen molar-refractivity contribution in [2.24, 2.45) is 5.92 Å². The lowest BCUT2D eigenvalue weighted by Crippen LogP contribution is -2.38. The van der Waals surface area contributed by atoms with Crippen LogP contribution in [0.4, 0.5) is 5.69 Å². The number of likely N-dealkylation sites (tertiary alicyclic amines) is 1. The van der Waals surface area contributed by atoms with Gasteiger partial charge in [-0.25, -0.2) is 9.78 Å². The molecule has 1 fully saturated rings. The quantitative estimate of drug-likeness (QED) is 0.847. The molecule has 7 heteroatoms. The topological polar surface area (TPSA) is 99.6 Å². The van der Waals surface area contributed by atoms with Gasteiger partial charge in [-0.05, 0) is 49.9 Å². The van der Waals surface area contributed by atoms with Crippen molar-refractivity contribution in [1.29, 1.82) is 0 Å². The number of carboxylic acids is 1. The Labute approximate surface area is 163 Å². The average Bonchev–Trinajstić information content (AvgIpc) is 2.68. The zero-order valence-corrected chi connectivity index (χ0v) is 15.9. The maximum Gasteiger partial charge on any atom is 0.337 e. The van der Waals surface area contributed by atoms with Gasteiger partial charge in [0.1, 0.15) is 5.69 Å². The van der Waals surface area contributed by atoms with E-state index in [1.54, 1.807) is 24.3 Å². The minimum absolute atomic E-state index is 0.0476. The molecule has 0 bridgehead atoms. The minimum atomic E-state index is -1.09. The molecule has 7 nitrogen and oxygen atoms in total. The molecule has 1 aliphatic rings. The molecule has 1 aromatic heterocycles. The van der Waals surface area contributed by atoms with Crippen molar-refractivity contribution in [3.8, 4) is 0 Å². The largest absolute Gasteiger partial charge is 0.478 e. The summed E-state index contributed by atoms with van der Waals surface area (Å²) in [5.74, 6) is -1.08. The van der Waals surface area contributed by atoms with E-state index in [0.717, 1.165) is 12.8 Å². The van der Waals surface area contributed by atoms with E-state index in [2.05, 4.69) is 17.2 Å². The highest BCUT2D eigenvalue weighted by atomic mass is 16.4. The standard InChI is InChI=1S/C21H23N3O4/c1-13-9-11-24(12-10-13)20(26)16-5-3-4-6-17(16)23-19(25)18-8-7-15(21(27)28)14(2)22-18/h3-8,13H,9-12H2,1-2H3,(H,23,25)(H,27,28). The predicted molar refractivity (Wildman–Crippen MR) is 105 cm³/mol. The van der Waals surface area contributed by atoms with Crippen molar-refractivity contribution in [1.82, 2.24) is 9.88 Å². The lowest BCUT2D eigenvalue weighted by atomic mass is 9.98. The Morgan fingerprint density at radius 2 is 1.75 bits per heavy atom. The number of carbonyl (C=O) groups excluding carboxylic acids is 2. The Bertz CT molecular complexity index is 918. The van der Waals surface area contributed by atoms with E-state index in [4.69, 9.17) is 5.11 Å². The van der Waals surface area contributed by atoms with Gasteiger partial charge in [-0.2, -0.15) is 0 Å². The third-order valence-corrected chi connectivity index (χ3v) is 5.03. The molecule has 1 aromatic carbocycles. The number of aryl methyl sites for hydroxylation is 1. The molecular weight excluding hydrogens is 358 g/mol. The lowest BCUT2D eigenvalue weighted by molar-refractivity contribution is 0.0687. The fraction of sp³-hybridized carbons (Fsp3) is 0.333. The van der Waals surface area contributed by atoms with Gasteiger partial charge in [0.2, 0.25) is 0 Å². The number of amides is 2. The number of aromatic nitrogens is 1. The van der Waals surface area contributed by atoms with Crippen LogP contribution in [0.25, 0.3) is 0 Å². The van der Waals surface area contributed by atoms with E-state index < -0.39 is 11.9 Å². The summed E-state index contributed by atoms with van der Waals surface area (Å²) in [6, 6.07) is 9.60. The second kappa shape index (κ2) is 8.21. The number of carbonyl (C=O) groups is 3. The maximum absolute atomic E-state index is 12.9. The molecule has 0 spiro atoms. The number of para-hydroxylation sites is 1. The summed E-state index contributed by atoms with van der Waals surface area (Å²) in [6.45, 7) is 5.13. The average molecular weight is 381 g/mol. The molecule has 28 heavy (non-hydrogen) atoms. The first-order valence-electron chi connectivity index (χ1n) is 9.27. The molecule has 0 radical (unpaired) electrons. The fourth-order valence-electron chi connectivity index (χ4n) is 3.26. The van der Waals surface area contributed by atoms with Crippen LogP contribution in [0.1, 0.15) is 56.7 Å². The van der Waals surface area contributed by atoms with Gasteiger partial charge in [-0.3, -0.25) is 9.59 Å². The van der Waals surface area contributed by atoms with Crippen LogP contribution in [0.2, 0.25) is 0 Å². The number of hydrogen-bond acceptors (Lipinski definition) is 4. The molecule has 3 rings (SSSR count). The lowest BCUT2D eigenvalue weighted by Gasteiger charge is -2.30. The first-order valence-corrected chi connectivity index (χ1v) is 9.27. The molecular formula is C21H23N3O4. The SMILES string of the molecule is Cc1nc(C(=O)Nc2ccccc2C(=O)N2CCC(C)CC2)ccc1C(=O)O. The molecule has 2 heterocycles. The van der Waals surface area contributed by atoms with E-state index >= 15 is 0 Å². The molecule has 146 valence electrons. The number of benzene rings is 1. The second-order valence-corrected chi connectivity index (χ2v) is 7.11. The normalized spacial score (nSPS) is 14.6. The molecule has 0 saturated carbocycles. The van der Waals surface area contributed by atoms with Crippen molar-refractivity contribution in [3.05, 3.63) is 58.9 Å². The molecule has 1 aliphatic heterocycles. The number of nitrogens with zero attached hydrogens (tertiary/aromatic N) is 2. The van der Waals surface area contributed by atoms with Crippen LogP contribution < -0.4 is 5.32 Å². The number of carboxylic acid groups (broad SMARTS) is 1. The van der Waals surface area contributed by atoms with E-state index in [1.807, 2.05) is 4.90 Å². The van der Waals surface area contributed by atoms with E-state index in [1.165, 1.54) is 19.1 Å². The highest BCUT2D eigenvalue weighted by Gasteiger charge is 2.24. The number of rotatable bonds is 4. The molecule has 0 unspecified atom stereocenters. The van der Waals surface area contributed by atoms with Crippen LogP contribution >= 0.6 is 0 Å². The highest BCUT2D eigenvalue weighted by molar-refractivity contribution is 6.08. The third-order valence-electron chi connectivity index (χ3n) is 5.03. The monoisotopic (exact) mass is 381 g/mol. The maximum atomic E-state index is 12.9. The predicted octanol–water partition coefficient (Wildman–Crippen LogP) is 3.21. The van der Waals surface area contributed by atoms with E-state index in [0.29, 0.717) is 30.3 Å². The number of aromatic carboxylic acids is 1. The summed E-state index contributed by atoms with van der Waals surface area (Å²) in [5.41, 5.74) is 1.25. The van der Waals surface area contributed by atoms with Crippen LogP contribution in [-0.4, -0.2) is 45.9 Å². The Kier molecular flexibility index (Phi) is 5.73. The van der Waals surface area contributed by atoms with Crippen LogP contribution in [0, 0.1) is 12.8 Å². The van der Waals surface area contributed by atoms with Gasteiger partial charge in [0.25, 0.3) is 11.8 Å². The van der Waals surface area contributed by atoms with Gasteiger partial charge in [0.15, 0.2) is 0 Å². The van der Waals surface area contributed by atoms with Gasteiger partial charge in [-0.15, -0.1) is 0 Å². The fourth-order valence-corrected chi connectivity index (χ4v) is 3.26. The molecule has 2 N–H and O–H groups in total. The van der Waals surface area contributed by atoms with Crippen LogP contribution in [-0.2, 0) is 0 Å². The van der Waals surface area contributed by atoms with Crippen molar-refractivity contribution in [2.45, 2.75) is 26.7 Å². The molecule has 0 aliphatic carbocycles. The third kappa shape index (κ3) is 4.19. The zero-order valence-electron chi connectivity index (χ0n) is 15.9. The second-order valence-electron chi connectivity index (χ2n) is 7.11. The van der Waals surface area contributed by atoms with E-state index in [9.17, 15) is 14.4 Å². The van der Waals surface area contributed by atoms with Crippen molar-refractivity contribution < 1.29 is 19.5 Å². The number of hydrogen-bond donors (Lipinski definition) is 2. The number of pyridine rings is 1. The minimum Gasteiger partial charge on any atom is -0.478 e. The Hall–Kier alpha value is -3.22. The summed E-state index contributed by atoms with van der Waals surface area (Å²) in [6.07, 6.45) is 1.94.